The van der Waals surface area contributed by atoms with E-state index in [2.05, 4.69) is 58.6 Å². The number of carbonyl (C=O) groups is 1. The van der Waals surface area contributed by atoms with Crippen molar-refractivity contribution in [3.8, 4) is 23.0 Å². The summed E-state index contributed by atoms with van der Waals surface area (Å²) in [6.07, 6.45) is 2.32. The molecule has 0 radical (unpaired) electrons. The van der Waals surface area contributed by atoms with E-state index in [4.69, 9.17) is 14.1 Å². The van der Waals surface area contributed by atoms with Crippen molar-refractivity contribution < 1.29 is 19.1 Å². The molecule has 1 N–H and O–H groups in total. The first-order valence-corrected chi connectivity index (χ1v) is 13.8. The van der Waals surface area contributed by atoms with Crippen molar-refractivity contribution in [2.45, 2.75) is 72.3 Å². The molecule has 0 saturated carbocycles. The van der Waals surface area contributed by atoms with Gasteiger partial charge in [-0.2, -0.15) is 0 Å². The zero-order chi connectivity index (χ0) is 28.4. The maximum atomic E-state index is 11.5. The third-order valence-electron chi connectivity index (χ3n) is 7.30. The molecule has 3 aromatic rings. The Morgan fingerprint density at radius 1 is 0.975 bits per heavy atom. The summed E-state index contributed by atoms with van der Waals surface area (Å²) in [5, 5.41) is 11.0. The number of amides is 1. The van der Waals surface area contributed by atoms with Crippen molar-refractivity contribution >= 4 is 18.3 Å². The van der Waals surface area contributed by atoms with E-state index in [0.29, 0.717) is 24.7 Å². The average Bonchev–Trinajstić information content (AvgIpc) is 3.33. The van der Waals surface area contributed by atoms with Gasteiger partial charge in [0.2, 0.25) is 11.8 Å². The van der Waals surface area contributed by atoms with E-state index in [9.17, 15) is 9.90 Å². The third kappa shape index (κ3) is 7.79. The minimum atomic E-state index is -0.219. The van der Waals surface area contributed by atoms with Gasteiger partial charge in [-0.15, -0.1) is 12.4 Å². The summed E-state index contributed by atoms with van der Waals surface area (Å²) in [5.41, 5.74) is 4.26. The van der Waals surface area contributed by atoms with Crippen LogP contribution in [0.3, 0.4) is 0 Å². The molecule has 1 aliphatic rings. The van der Waals surface area contributed by atoms with Crippen molar-refractivity contribution in [2.24, 2.45) is 0 Å². The summed E-state index contributed by atoms with van der Waals surface area (Å²) in [6, 6.07) is 12.2. The number of phenols is 1. The first-order valence-electron chi connectivity index (χ1n) is 13.8. The number of halogens is 1. The standard InChI is InChI=1S/C32H43N3O4.ClH/c1-22(36)35-15-13-34(14-16-35)20-23-8-10-26(11-9-23)38-17-12-25-21-39-30(33-25)24-18-27(31(2,3)4)29(37)28(19-24)32(5,6)7;/h8-11,18-19,21,37H,12-17,20H2,1-7H3;1H. The van der Waals surface area contributed by atoms with E-state index in [1.54, 1.807) is 13.2 Å². The second-order valence-electron chi connectivity index (χ2n) is 12.6. The van der Waals surface area contributed by atoms with Crippen molar-refractivity contribution in [1.82, 2.24) is 14.8 Å². The predicted octanol–water partition coefficient (Wildman–Crippen LogP) is 6.35. The molecule has 4 rings (SSSR count). The number of oxazole rings is 1. The number of benzene rings is 2. The third-order valence-corrected chi connectivity index (χ3v) is 7.30. The van der Waals surface area contributed by atoms with E-state index in [1.165, 1.54) is 5.56 Å². The number of aromatic hydroxyl groups is 1. The zero-order valence-corrected chi connectivity index (χ0v) is 25.7. The minimum Gasteiger partial charge on any atom is -0.507 e. The summed E-state index contributed by atoms with van der Waals surface area (Å²) < 4.78 is 11.8. The van der Waals surface area contributed by atoms with E-state index in [1.807, 2.05) is 29.2 Å². The number of aromatic nitrogens is 1. The Hall–Kier alpha value is -3.03. The molecule has 1 amide bonds. The monoisotopic (exact) mass is 569 g/mol. The number of hydrogen-bond donors (Lipinski definition) is 1. The first-order chi connectivity index (χ1) is 18.3. The van der Waals surface area contributed by atoms with Crippen LogP contribution >= 0.6 is 12.4 Å². The largest absolute Gasteiger partial charge is 0.507 e. The molecule has 1 saturated heterocycles. The highest BCUT2D eigenvalue weighted by Gasteiger charge is 2.27. The molecule has 218 valence electrons. The minimum absolute atomic E-state index is 0. The fourth-order valence-corrected chi connectivity index (χ4v) is 4.90. The Morgan fingerprint density at radius 3 is 2.08 bits per heavy atom. The number of ether oxygens (including phenoxy) is 1. The molecule has 40 heavy (non-hydrogen) atoms. The zero-order valence-electron chi connectivity index (χ0n) is 24.9. The van der Waals surface area contributed by atoms with Crippen LogP contribution in [-0.2, 0) is 28.6 Å². The SMILES string of the molecule is CC(=O)N1CCN(Cc2ccc(OCCc3coc(-c4cc(C(C)(C)C)c(O)c(C(C)(C)C)c4)n3)cc2)CC1.Cl. The second kappa shape index (κ2) is 12.6. The van der Waals surface area contributed by atoms with Crippen molar-refractivity contribution in [3.05, 3.63) is 65.0 Å². The van der Waals surface area contributed by atoms with Gasteiger partial charge in [-0.3, -0.25) is 9.69 Å². The smallest absolute Gasteiger partial charge is 0.226 e. The Balaban J connectivity index is 0.00000441. The summed E-state index contributed by atoms with van der Waals surface area (Å²) in [6.45, 7) is 19.0. The van der Waals surface area contributed by atoms with Crippen LogP contribution in [0, 0.1) is 0 Å². The van der Waals surface area contributed by atoms with Crippen LogP contribution in [0.2, 0.25) is 0 Å². The van der Waals surface area contributed by atoms with E-state index >= 15 is 0 Å². The van der Waals surface area contributed by atoms with Gasteiger partial charge in [-0.25, -0.2) is 4.98 Å². The van der Waals surface area contributed by atoms with Crippen LogP contribution in [-0.4, -0.2) is 58.6 Å². The number of nitrogens with zero attached hydrogens (tertiary/aromatic N) is 3. The Morgan fingerprint density at radius 2 is 1.55 bits per heavy atom. The summed E-state index contributed by atoms with van der Waals surface area (Å²) in [4.78, 5) is 20.5. The molecule has 1 aliphatic heterocycles. The lowest BCUT2D eigenvalue weighted by Crippen LogP contribution is -2.47. The van der Waals surface area contributed by atoms with Gasteiger partial charge in [0.15, 0.2) is 0 Å². The van der Waals surface area contributed by atoms with Gasteiger partial charge in [-0.1, -0.05) is 53.7 Å². The van der Waals surface area contributed by atoms with Gasteiger partial charge in [0.05, 0.1) is 12.3 Å². The van der Waals surface area contributed by atoms with Gasteiger partial charge in [0.1, 0.15) is 17.8 Å². The van der Waals surface area contributed by atoms with Gasteiger partial charge in [-0.05, 0) is 40.7 Å². The molecule has 0 spiro atoms. The number of carbonyl (C=O) groups excluding carboxylic acids is 1. The maximum Gasteiger partial charge on any atom is 0.226 e. The molecule has 0 aliphatic carbocycles. The normalized spacial score (nSPS) is 14.6. The summed E-state index contributed by atoms with van der Waals surface area (Å²) in [5.74, 6) is 1.88. The molecule has 1 fully saturated rings. The highest BCUT2D eigenvalue weighted by molar-refractivity contribution is 5.85. The maximum absolute atomic E-state index is 11.5. The van der Waals surface area contributed by atoms with Crippen LogP contribution in [0.15, 0.2) is 47.1 Å². The topological polar surface area (TPSA) is 79.0 Å². The number of rotatable bonds is 7. The lowest BCUT2D eigenvalue weighted by Gasteiger charge is -2.34. The Bertz CT molecular complexity index is 1250. The molecule has 0 atom stereocenters. The van der Waals surface area contributed by atoms with Crippen LogP contribution in [0.25, 0.3) is 11.5 Å². The summed E-state index contributed by atoms with van der Waals surface area (Å²) >= 11 is 0. The van der Waals surface area contributed by atoms with Gasteiger partial charge >= 0.3 is 0 Å². The van der Waals surface area contributed by atoms with Crippen LogP contribution in [0.5, 0.6) is 11.5 Å². The van der Waals surface area contributed by atoms with Crippen molar-refractivity contribution in [1.29, 1.82) is 0 Å². The molecular weight excluding hydrogens is 526 g/mol. The lowest BCUT2D eigenvalue weighted by molar-refractivity contribution is -0.130. The number of hydrogen-bond acceptors (Lipinski definition) is 6. The Kier molecular flexibility index (Phi) is 9.96. The molecule has 7 nitrogen and oxygen atoms in total. The molecule has 1 aromatic heterocycles. The molecule has 2 aromatic carbocycles. The van der Waals surface area contributed by atoms with Crippen molar-refractivity contribution in [2.75, 3.05) is 32.8 Å². The quantitative estimate of drug-likeness (QED) is 0.357. The fourth-order valence-electron chi connectivity index (χ4n) is 4.90. The van der Waals surface area contributed by atoms with Gasteiger partial charge in [0.25, 0.3) is 0 Å². The first kappa shape index (κ1) is 31.5. The van der Waals surface area contributed by atoms with Crippen molar-refractivity contribution in [3.63, 3.8) is 0 Å². The average molecular weight is 570 g/mol. The second-order valence-corrected chi connectivity index (χ2v) is 12.6. The number of piperazine rings is 1. The molecule has 0 unspecified atom stereocenters. The number of phenolic OH excluding ortho intramolecular Hbond substituents is 1. The molecule has 8 heteroatoms. The highest BCUT2D eigenvalue weighted by Crippen LogP contribution is 2.41. The van der Waals surface area contributed by atoms with Crippen LogP contribution in [0.1, 0.15) is 70.9 Å². The van der Waals surface area contributed by atoms with Crippen LogP contribution < -0.4 is 4.74 Å². The molecule has 2 heterocycles. The van der Waals surface area contributed by atoms with Gasteiger partial charge in [0, 0.05) is 62.8 Å². The van der Waals surface area contributed by atoms with Gasteiger partial charge < -0.3 is 19.2 Å². The Labute approximate surface area is 244 Å². The molecular formula is C32H44ClN3O4. The molecule has 0 bridgehead atoms. The predicted molar refractivity (Wildman–Crippen MR) is 161 cm³/mol. The van der Waals surface area contributed by atoms with E-state index in [0.717, 1.165) is 60.9 Å². The fraction of sp³-hybridized carbons (Fsp3) is 0.500. The van der Waals surface area contributed by atoms with Crippen LogP contribution in [0.4, 0.5) is 0 Å². The van der Waals surface area contributed by atoms with E-state index < -0.39 is 0 Å². The highest BCUT2D eigenvalue weighted by atomic mass is 35.5. The van der Waals surface area contributed by atoms with E-state index in [-0.39, 0.29) is 29.1 Å². The lowest BCUT2D eigenvalue weighted by atomic mass is 9.78. The summed E-state index contributed by atoms with van der Waals surface area (Å²) in [7, 11) is 0.